The van der Waals surface area contributed by atoms with Crippen LogP contribution in [0.25, 0.3) is 10.6 Å². The lowest BCUT2D eigenvalue weighted by Crippen LogP contribution is -2.40. The molecule has 36 heavy (non-hydrogen) atoms. The topological polar surface area (TPSA) is 48.4 Å². The number of aryl methyl sites for hydroxylation is 1. The van der Waals surface area contributed by atoms with Crippen LogP contribution in [0.4, 0.5) is 13.2 Å². The molecule has 0 N–H and O–H groups in total. The highest BCUT2D eigenvalue weighted by atomic mass is 32.2. The number of carbonyl (C=O) groups excluding carboxylic acids is 1. The zero-order valence-corrected chi connectivity index (χ0v) is 22.8. The molecule has 0 bridgehead atoms. The van der Waals surface area contributed by atoms with Crippen molar-refractivity contribution in [1.82, 2.24) is 4.98 Å². The smallest absolute Gasteiger partial charge is 0.416 e. The highest BCUT2D eigenvalue weighted by Crippen LogP contribution is 2.37. The maximum atomic E-state index is 12.9. The molecule has 0 saturated heterocycles. The molecule has 1 heterocycles. The fourth-order valence-electron chi connectivity index (χ4n) is 3.42. The first-order valence-corrected chi connectivity index (χ1v) is 13.4. The number of carbonyl (C=O) groups is 1. The number of hydrogen-bond donors (Lipinski definition) is 0. The van der Waals surface area contributed by atoms with Gasteiger partial charge in [-0.15, -0.1) is 23.1 Å². The zero-order chi connectivity index (χ0) is 26.7. The molecule has 3 aromatic rings. The van der Waals surface area contributed by atoms with Gasteiger partial charge < -0.3 is 9.47 Å². The van der Waals surface area contributed by atoms with Crippen molar-refractivity contribution in [1.29, 1.82) is 0 Å². The number of nitrogens with zero attached hydrogens (tertiary/aromatic N) is 1. The van der Waals surface area contributed by atoms with Crippen molar-refractivity contribution in [2.24, 2.45) is 0 Å². The summed E-state index contributed by atoms with van der Waals surface area (Å²) in [5.74, 6) is 1.08. The average Bonchev–Trinajstić information content (AvgIpc) is 3.18. The third-order valence-electron chi connectivity index (χ3n) is 5.46. The van der Waals surface area contributed by atoms with Gasteiger partial charge in [0.2, 0.25) is 0 Å². The molecule has 194 valence electrons. The highest BCUT2D eigenvalue weighted by molar-refractivity contribution is 7.98. The molecular formula is C27H30F3NO3S2. The van der Waals surface area contributed by atoms with Gasteiger partial charge in [-0.05, 0) is 69.5 Å². The maximum absolute atomic E-state index is 12.9. The van der Waals surface area contributed by atoms with E-state index < -0.39 is 23.3 Å². The number of thioether (sulfide) groups is 1. The average molecular weight is 538 g/mol. The second-order valence-corrected chi connectivity index (χ2v) is 11.2. The predicted octanol–water partition coefficient (Wildman–Crippen LogP) is 8.27. The molecule has 0 atom stereocenters. The fraction of sp³-hybridized carbons (Fsp3) is 0.407. The Bertz CT molecular complexity index is 1200. The second kappa shape index (κ2) is 11.3. The number of alkyl halides is 3. The SMILES string of the molecule is CCOC(=O)C(C)(C)Oc1ccc(SCc2sc(-c3ccc(C(F)(F)F)cc3)nc2C)cc1C(C)C. The summed E-state index contributed by atoms with van der Waals surface area (Å²) >= 11 is 3.13. The van der Waals surface area contributed by atoms with E-state index in [0.29, 0.717) is 22.1 Å². The molecule has 0 radical (unpaired) electrons. The van der Waals surface area contributed by atoms with Crippen LogP contribution in [-0.2, 0) is 21.5 Å². The fourth-order valence-corrected chi connectivity index (χ4v) is 5.57. The molecule has 0 aliphatic rings. The number of halogens is 3. The number of aromatic nitrogens is 1. The zero-order valence-electron chi connectivity index (χ0n) is 21.2. The molecule has 0 amide bonds. The van der Waals surface area contributed by atoms with Crippen molar-refractivity contribution in [2.75, 3.05) is 6.61 Å². The van der Waals surface area contributed by atoms with Crippen LogP contribution in [0.1, 0.15) is 62.2 Å². The van der Waals surface area contributed by atoms with E-state index >= 15 is 0 Å². The van der Waals surface area contributed by atoms with Gasteiger partial charge in [0, 0.05) is 21.1 Å². The maximum Gasteiger partial charge on any atom is 0.416 e. The number of benzene rings is 2. The summed E-state index contributed by atoms with van der Waals surface area (Å²) < 4.78 is 49.8. The predicted molar refractivity (Wildman–Crippen MR) is 139 cm³/mol. The highest BCUT2D eigenvalue weighted by Gasteiger charge is 2.33. The minimum Gasteiger partial charge on any atom is -0.476 e. The van der Waals surface area contributed by atoms with Crippen LogP contribution in [0.3, 0.4) is 0 Å². The first kappa shape index (κ1) is 28.1. The molecule has 4 nitrogen and oxygen atoms in total. The van der Waals surface area contributed by atoms with Crippen LogP contribution >= 0.6 is 23.1 Å². The number of hydrogen-bond acceptors (Lipinski definition) is 6. The van der Waals surface area contributed by atoms with E-state index in [2.05, 4.69) is 24.9 Å². The standard InChI is InChI=1S/C27H30F3NO3S2/c1-7-33-25(32)26(5,6)34-22-13-12-20(14-21(22)16(2)3)35-15-23-17(4)31-24(36-23)18-8-10-19(11-9-18)27(28,29)30/h8-14,16H,7,15H2,1-6H3. The lowest BCUT2D eigenvalue weighted by Gasteiger charge is -2.26. The summed E-state index contributed by atoms with van der Waals surface area (Å²) in [4.78, 5) is 18.9. The Balaban J connectivity index is 1.75. The van der Waals surface area contributed by atoms with Crippen molar-refractivity contribution in [3.05, 3.63) is 64.2 Å². The third kappa shape index (κ3) is 6.82. The molecule has 0 spiro atoms. The van der Waals surface area contributed by atoms with Gasteiger partial charge in [-0.2, -0.15) is 13.2 Å². The molecule has 1 aromatic heterocycles. The van der Waals surface area contributed by atoms with Crippen molar-refractivity contribution < 1.29 is 27.4 Å². The normalized spacial score (nSPS) is 12.2. The van der Waals surface area contributed by atoms with Gasteiger partial charge in [0.25, 0.3) is 0 Å². The van der Waals surface area contributed by atoms with Gasteiger partial charge in [0.05, 0.1) is 17.9 Å². The molecule has 0 saturated carbocycles. The summed E-state index contributed by atoms with van der Waals surface area (Å²) in [5, 5.41) is 0.699. The Kier molecular flexibility index (Phi) is 8.77. The largest absolute Gasteiger partial charge is 0.476 e. The van der Waals surface area contributed by atoms with E-state index in [1.807, 2.05) is 19.1 Å². The van der Waals surface area contributed by atoms with E-state index in [1.165, 1.54) is 23.5 Å². The minimum atomic E-state index is -4.36. The molecular weight excluding hydrogens is 507 g/mol. The molecule has 3 rings (SSSR count). The van der Waals surface area contributed by atoms with Gasteiger partial charge in [-0.3, -0.25) is 0 Å². The van der Waals surface area contributed by atoms with Crippen LogP contribution in [0.5, 0.6) is 5.75 Å². The van der Waals surface area contributed by atoms with Crippen molar-refractivity contribution in [2.45, 2.75) is 69.9 Å². The summed E-state index contributed by atoms with van der Waals surface area (Å²) in [5.41, 5.74) is 0.740. The monoisotopic (exact) mass is 537 g/mol. The lowest BCUT2D eigenvalue weighted by molar-refractivity contribution is -0.158. The van der Waals surface area contributed by atoms with Crippen LogP contribution in [0.15, 0.2) is 47.4 Å². The number of thiazole rings is 1. The van der Waals surface area contributed by atoms with Gasteiger partial charge in [0.15, 0.2) is 5.60 Å². The van der Waals surface area contributed by atoms with Gasteiger partial charge in [-0.25, -0.2) is 9.78 Å². The Morgan fingerprint density at radius 3 is 2.36 bits per heavy atom. The Morgan fingerprint density at radius 2 is 1.78 bits per heavy atom. The van der Waals surface area contributed by atoms with Gasteiger partial charge in [-0.1, -0.05) is 26.0 Å². The molecule has 0 unspecified atom stereocenters. The van der Waals surface area contributed by atoms with Crippen molar-refractivity contribution in [3.63, 3.8) is 0 Å². The van der Waals surface area contributed by atoms with E-state index in [9.17, 15) is 18.0 Å². The van der Waals surface area contributed by atoms with E-state index in [1.54, 1.807) is 32.5 Å². The minimum absolute atomic E-state index is 0.176. The van der Waals surface area contributed by atoms with Crippen LogP contribution in [-0.4, -0.2) is 23.2 Å². The number of rotatable bonds is 9. The Hall–Kier alpha value is -2.52. The molecule has 9 heteroatoms. The first-order chi connectivity index (χ1) is 16.8. The van der Waals surface area contributed by atoms with E-state index in [0.717, 1.165) is 33.2 Å². The second-order valence-electron chi connectivity index (χ2n) is 9.08. The van der Waals surface area contributed by atoms with Crippen molar-refractivity contribution >= 4 is 29.1 Å². The molecule has 0 fully saturated rings. The van der Waals surface area contributed by atoms with Crippen LogP contribution in [0.2, 0.25) is 0 Å². The molecule has 0 aliphatic heterocycles. The van der Waals surface area contributed by atoms with E-state index in [-0.39, 0.29) is 12.5 Å². The summed E-state index contributed by atoms with van der Waals surface area (Å²) in [6.45, 7) is 11.5. The third-order valence-corrected chi connectivity index (χ3v) is 7.87. The molecule has 0 aliphatic carbocycles. The number of esters is 1. The molecule has 2 aromatic carbocycles. The Labute approximate surface area is 218 Å². The number of ether oxygens (including phenoxy) is 2. The lowest BCUT2D eigenvalue weighted by atomic mass is 10.0. The van der Waals surface area contributed by atoms with Crippen LogP contribution < -0.4 is 4.74 Å². The first-order valence-electron chi connectivity index (χ1n) is 11.6. The van der Waals surface area contributed by atoms with Gasteiger partial charge >= 0.3 is 12.1 Å². The van der Waals surface area contributed by atoms with Crippen molar-refractivity contribution in [3.8, 4) is 16.3 Å². The summed E-state index contributed by atoms with van der Waals surface area (Å²) in [6, 6.07) is 11.0. The quantitative estimate of drug-likeness (QED) is 0.203. The van der Waals surface area contributed by atoms with Gasteiger partial charge in [0.1, 0.15) is 10.8 Å². The van der Waals surface area contributed by atoms with E-state index in [4.69, 9.17) is 9.47 Å². The van der Waals surface area contributed by atoms with Crippen LogP contribution in [0, 0.1) is 6.92 Å². The Morgan fingerprint density at radius 1 is 1.11 bits per heavy atom. The summed E-state index contributed by atoms with van der Waals surface area (Å²) in [7, 11) is 0. The summed E-state index contributed by atoms with van der Waals surface area (Å²) in [6.07, 6.45) is -4.36.